The van der Waals surface area contributed by atoms with Gasteiger partial charge in [0, 0.05) is 41.7 Å². The highest BCUT2D eigenvalue weighted by molar-refractivity contribution is 9.10. The van der Waals surface area contributed by atoms with E-state index in [-0.39, 0.29) is 24.8 Å². The molecule has 1 aromatic rings. The second-order valence-corrected chi connectivity index (χ2v) is 6.40. The molecule has 1 aromatic carbocycles. The summed E-state index contributed by atoms with van der Waals surface area (Å²) in [5.41, 5.74) is 1.34. The van der Waals surface area contributed by atoms with Crippen LogP contribution < -0.4 is 5.32 Å². The van der Waals surface area contributed by atoms with Crippen LogP contribution in [0.5, 0.6) is 0 Å². The van der Waals surface area contributed by atoms with Crippen molar-refractivity contribution in [3.05, 3.63) is 33.3 Å². The van der Waals surface area contributed by atoms with E-state index >= 15 is 0 Å². The van der Waals surface area contributed by atoms with E-state index in [1.165, 1.54) is 29.3 Å². The average Bonchev–Trinajstić information content (AvgIpc) is 2.44. The summed E-state index contributed by atoms with van der Waals surface area (Å²) in [6.45, 7) is 6.66. The van der Waals surface area contributed by atoms with Gasteiger partial charge >= 0.3 is 0 Å². The van der Waals surface area contributed by atoms with Crippen molar-refractivity contribution < 1.29 is 0 Å². The first-order valence-corrected chi connectivity index (χ1v) is 8.29. The summed E-state index contributed by atoms with van der Waals surface area (Å²) in [6, 6.07) is 6.62. The highest BCUT2D eigenvalue weighted by Gasteiger charge is 2.23. The molecule has 0 radical (unpaired) electrons. The summed E-state index contributed by atoms with van der Waals surface area (Å²) in [5, 5.41) is 4.25. The minimum Gasteiger partial charge on any atom is -0.314 e. The van der Waals surface area contributed by atoms with Gasteiger partial charge in [0.2, 0.25) is 0 Å². The summed E-state index contributed by atoms with van der Waals surface area (Å²) in [6.07, 6.45) is 3.70. The minimum atomic E-state index is 0. The van der Waals surface area contributed by atoms with Gasteiger partial charge in [-0.15, -0.1) is 24.8 Å². The van der Waals surface area contributed by atoms with Crippen LogP contribution in [-0.2, 0) is 0 Å². The molecule has 2 rings (SSSR count). The molecule has 1 heterocycles. The Hall–Kier alpha value is 0.490. The quantitative estimate of drug-likeness (QED) is 0.717. The third-order valence-corrected chi connectivity index (χ3v) is 4.70. The number of unbranched alkanes of at least 4 members (excludes halogenated alkanes) is 1. The van der Waals surface area contributed by atoms with Gasteiger partial charge in [-0.05, 0) is 30.2 Å². The fraction of sp³-hybridized carbons (Fsp3) is 0.600. The lowest BCUT2D eigenvalue weighted by Gasteiger charge is -2.36. The Morgan fingerprint density at radius 3 is 2.57 bits per heavy atom. The fourth-order valence-electron chi connectivity index (χ4n) is 2.70. The highest BCUT2D eigenvalue weighted by atomic mass is 79.9. The lowest BCUT2D eigenvalue weighted by atomic mass is 9.99. The van der Waals surface area contributed by atoms with Gasteiger partial charge in [0.05, 0.1) is 0 Å². The summed E-state index contributed by atoms with van der Waals surface area (Å²) >= 11 is 9.87. The van der Waals surface area contributed by atoms with E-state index < -0.39 is 0 Å². The number of hydrogen-bond acceptors (Lipinski definition) is 2. The predicted molar refractivity (Wildman–Crippen MR) is 100 cm³/mol. The van der Waals surface area contributed by atoms with E-state index in [9.17, 15) is 0 Å². The van der Waals surface area contributed by atoms with Crippen molar-refractivity contribution >= 4 is 52.3 Å². The van der Waals surface area contributed by atoms with E-state index in [1.54, 1.807) is 0 Å². The molecule has 1 aliphatic rings. The van der Waals surface area contributed by atoms with E-state index in [1.807, 2.05) is 6.07 Å². The topological polar surface area (TPSA) is 15.3 Å². The third-order valence-electron chi connectivity index (χ3n) is 3.74. The van der Waals surface area contributed by atoms with E-state index in [2.05, 4.69) is 45.2 Å². The van der Waals surface area contributed by atoms with Gasteiger partial charge < -0.3 is 5.32 Å². The van der Waals surface area contributed by atoms with Crippen molar-refractivity contribution in [2.24, 2.45) is 0 Å². The Bertz CT molecular complexity index is 412. The second-order valence-electron chi connectivity index (χ2n) is 5.11. The van der Waals surface area contributed by atoms with Gasteiger partial charge in [-0.1, -0.05) is 47.3 Å². The van der Waals surface area contributed by atoms with E-state index in [0.717, 1.165) is 31.2 Å². The molecular formula is C15H24BrCl3N2. The molecule has 0 aromatic heterocycles. The molecule has 1 N–H and O–H groups in total. The molecule has 6 heteroatoms. The standard InChI is InChI=1S/C15H22BrClN2.2ClH/c1-2-3-4-15(19-9-7-18-8-10-19)13-11-12(17)5-6-14(13)16;;/h5-6,11,15,18H,2-4,7-10H2,1H3;2*1H/t15-;;/m0../s1. The van der Waals surface area contributed by atoms with Gasteiger partial charge in [0.1, 0.15) is 0 Å². The fourth-order valence-corrected chi connectivity index (χ4v) is 3.39. The summed E-state index contributed by atoms with van der Waals surface area (Å²) in [5.74, 6) is 0. The first-order chi connectivity index (χ1) is 9.22. The molecule has 1 aliphatic heterocycles. The molecule has 0 aliphatic carbocycles. The normalized spacial score (nSPS) is 16.7. The van der Waals surface area contributed by atoms with Crippen LogP contribution in [0.2, 0.25) is 5.02 Å². The summed E-state index contributed by atoms with van der Waals surface area (Å²) in [4.78, 5) is 2.59. The molecule has 1 atom stereocenters. The van der Waals surface area contributed by atoms with Crippen molar-refractivity contribution in [1.29, 1.82) is 0 Å². The van der Waals surface area contributed by atoms with Crippen molar-refractivity contribution in [2.45, 2.75) is 32.2 Å². The van der Waals surface area contributed by atoms with E-state index in [4.69, 9.17) is 11.6 Å². The molecule has 0 saturated carbocycles. The molecule has 21 heavy (non-hydrogen) atoms. The van der Waals surface area contributed by atoms with Crippen LogP contribution in [0.3, 0.4) is 0 Å². The smallest absolute Gasteiger partial charge is 0.0410 e. The first-order valence-electron chi connectivity index (χ1n) is 7.12. The number of piperazine rings is 1. The molecule has 2 nitrogen and oxygen atoms in total. The van der Waals surface area contributed by atoms with Gasteiger partial charge in [-0.2, -0.15) is 0 Å². The third kappa shape index (κ3) is 6.25. The Morgan fingerprint density at radius 1 is 1.29 bits per heavy atom. The van der Waals surface area contributed by atoms with Crippen molar-refractivity contribution in [3.63, 3.8) is 0 Å². The Kier molecular flexibility index (Phi) is 11.4. The van der Waals surface area contributed by atoms with Crippen LogP contribution in [0, 0.1) is 0 Å². The number of nitrogens with zero attached hydrogens (tertiary/aromatic N) is 1. The van der Waals surface area contributed by atoms with Crippen LogP contribution in [0.15, 0.2) is 22.7 Å². The lowest BCUT2D eigenvalue weighted by Crippen LogP contribution is -2.45. The van der Waals surface area contributed by atoms with E-state index in [0.29, 0.717) is 6.04 Å². The zero-order valence-electron chi connectivity index (χ0n) is 12.3. The van der Waals surface area contributed by atoms with Crippen LogP contribution in [0.4, 0.5) is 0 Å². The monoisotopic (exact) mass is 416 g/mol. The van der Waals surface area contributed by atoms with Crippen LogP contribution in [0.1, 0.15) is 37.8 Å². The largest absolute Gasteiger partial charge is 0.314 e. The van der Waals surface area contributed by atoms with Gasteiger partial charge in [-0.3, -0.25) is 4.90 Å². The highest BCUT2D eigenvalue weighted by Crippen LogP contribution is 2.33. The molecule has 0 amide bonds. The Labute approximate surface area is 153 Å². The number of benzene rings is 1. The molecule has 0 spiro atoms. The maximum Gasteiger partial charge on any atom is 0.0410 e. The van der Waals surface area contributed by atoms with Crippen molar-refractivity contribution in [3.8, 4) is 0 Å². The maximum atomic E-state index is 6.18. The molecule has 0 unspecified atom stereocenters. The summed E-state index contributed by atoms with van der Waals surface area (Å²) in [7, 11) is 0. The van der Waals surface area contributed by atoms with Gasteiger partial charge in [0.15, 0.2) is 0 Å². The number of rotatable bonds is 5. The Morgan fingerprint density at radius 2 is 1.95 bits per heavy atom. The van der Waals surface area contributed by atoms with Gasteiger partial charge in [0.25, 0.3) is 0 Å². The van der Waals surface area contributed by atoms with Crippen LogP contribution in [-0.4, -0.2) is 31.1 Å². The second kappa shape index (κ2) is 11.1. The van der Waals surface area contributed by atoms with Crippen molar-refractivity contribution in [1.82, 2.24) is 10.2 Å². The first kappa shape index (κ1) is 21.5. The molecule has 122 valence electrons. The summed E-state index contributed by atoms with van der Waals surface area (Å²) < 4.78 is 1.18. The SMILES string of the molecule is CCCC[C@@H](c1cc(Cl)ccc1Br)N1CCNCC1.Cl.Cl. The minimum absolute atomic E-state index is 0. The number of nitrogens with one attached hydrogen (secondary N) is 1. The average molecular weight is 419 g/mol. The van der Waals surface area contributed by atoms with Crippen molar-refractivity contribution in [2.75, 3.05) is 26.2 Å². The Balaban J connectivity index is 0.00000200. The molecule has 1 fully saturated rings. The zero-order chi connectivity index (χ0) is 13.7. The van der Waals surface area contributed by atoms with Crippen LogP contribution in [0.25, 0.3) is 0 Å². The van der Waals surface area contributed by atoms with Gasteiger partial charge in [-0.25, -0.2) is 0 Å². The predicted octanol–water partition coefficient (Wildman–Crippen LogP) is 5.08. The maximum absolute atomic E-state index is 6.18. The zero-order valence-corrected chi connectivity index (χ0v) is 16.3. The lowest BCUT2D eigenvalue weighted by molar-refractivity contribution is 0.162. The molecule has 0 bridgehead atoms. The molecule has 1 saturated heterocycles. The number of halogens is 4. The molecular weight excluding hydrogens is 394 g/mol. The number of hydrogen-bond donors (Lipinski definition) is 1. The van der Waals surface area contributed by atoms with Crippen LogP contribution >= 0.6 is 52.3 Å².